The Morgan fingerprint density at radius 2 is 1.81 bits per heavy atom. The van der Waals surface area contributed by atoms with Crippen LogP contribution in [0.5, 0.6) is 0 Å². The van der Waals surface area contributed by atoms with Crippen LogP contribution in [0.2, 0.25) is 0 Å². The minimum absolute atomic E-state index is 0.194. The molecule has 4 nitrogen and oxygen atoms in total. The van der Waals surface area contributed by atoms with Gasteiger partial charge in [0.05, 0.1) is 13.2 Å². The summed E-state index contributed by atoms with van der Waals surface area (Å²) < 4.78 is 5.30. The van der Waals surface area contributed by atoms with Crippen molar-refractivity contribution >= 4 is 17.3 Å². The summed E-state index contributed by atoms with van der Waals surface area (Å²) in [6, 6.07) is 8.70. The summed E-state index contributed by atoms with van der Waals surface area (Å²) in [7, 11) is 0. The third-order valence-corrected chi connectivity index (χ3v) is 3.78. The highest BCUT2D eigenvalue weighted by atomic mass is 32.1. The average Bonchev–Trinajstić information content (AvgIpc) is 2.46. The highest BCUT2D eigenvalue weighted by Gasteiger charge is 2.13. The Balaban J connectivity index is 1.78. The lowest BCUT2D eigenvalue weighted by Crippen LogP contribution is -2.51. The molecular weight excluding hydrogens is 282 g/mol. The van der Waals surface area contributed by atoms with Crippen molar-refractivity contribution in [3.8, 4) is 0 Å². The summed E-state index contributed by atoms with van der Waals surface area (Å²) in [4.78, 5) is 0. The van der Waals surface area contributed by atoms with Crippen LogP contribution in [-0.4, -0.2) is 36.4 Å². The van der Waals surface area contributed by atoms with Crippen molar-refractivity contribution in [2.24, 2.45) is 0 Å². The van der Waals surface area contributed by atoms with E-state index in [-0.39, 0.29) is 5.41 Å². The van der Waals surface area contributed by atoms with Crippen LogP contribution in [0.4, 0.5) is 0 Å². The van der Waals surface area contributed by atoms with Gasteiger partial charge in [-0.05, 0) is 28.8 Å². The van der Waals surface area contributed by atoms with Crippen molar-refractivity contribution in [3.05, 3.63) is 35.4 Å². The Bertz CT molecular complexity index is 461. The summed E-state index contributed by atoms with van der Waals surface area (Å²) in [5.41, 5.74) is 5.97. The van der Waals surface area contributed by atoms with Crippen LogP contribution in [0, 0.1) is 0 Å². The van der Waals surface area contributed by atoms with Gasteiger partial charge in [0.2, 0.25) is 0 Å². The van der Waals surface area contributed by atoms with Crippen LogP contribution in [0.25, 0.3) is 0 Å². The monoisotopic (exact) mass is 307 g/mol. The van der Waals surface area contributed by atoms with Gasteiger partial charge in [0.1, 0.15) is 0 Å². The lowest BCUT2D eigenvalue weighted by atomic mass is 9.87. The van der Waals surface area contributed by atoms with Crippen molar-refractivity contribution < 1.29 is 4.74 Å². The summed E-state index contributed by atoms with van der Waals surface area (Å²) in [6.45, 7) is 10.6. The fourth-order valence-electron chi connectivity index (χ4n) is 2.16. The molecule has 0 spiro atoms. The van der Waals surface area contributed by atoms with E-state index in [0.717, 1.165) is 32.8 Å². The third kappa shape index (κ3) is 5.26. The zero-order valence-electron chi connectivity index (χ0n) is 13.1. The standard InChI is InChI=1S/C16H25N3OS/c1-16(2,3)14-6-4-13(5-7-14)12-17-15(21)18-19-8-10-20-11-9-19/h4-7H,8-12H2,1-3H3,(H2,17,18,21). The quantitative estimate of drug-likeness (QED) is 0.837. The van der Waals surface area contributed by atoms with Gasteiger partial charge in [0, 0.05) is 19.6 Å². The molecule has 5 heteroatoms. The first kappa shape index (κ1) is 16.2. The molecule has 1 heterocycles. The number of morpholine rings is 1. The van der Waals surface area contributed by atoms with Crippen LogP contribution in [0.3, 0.4) is 0 Å². The van der Waals surface area contributed by atoms with Gasteiger partial charge in [0.15, 0.2) is 5.11 Å². The van der Waals surface area contributed by atoms with Gasteiger partial charge < -0.3 is 10.1 Å². The number of rotatable bonds is 3. The van der Waals surface area contributed by atoms with Gasteiger partial charge in [-0.25, -0.2) is 5.01 Å². The van der Waals surface area contributed by atoms with Crippen molar-refractivity contribution in [2.45, 2.75) is 32.7 Å². The Morgan fingerprint density at radius 1 is 1.19 bits per heavy atom. The zero-order chi connectivity index (χ0) is 15.3. The second kappa shape index (κ2) is 7.20. The molecule has 0 bridgehead atoms. The van der Waals surface area contributed by atoms with E-state index in [0.29, 0.717) is 5.11 Å². The van der Waals surface area contributed by atoms with Crippen LogP contribution in [-0.2, 0) is 16.7 Å². The van der Waals surface area contributed by atoms with E-state index in [1.54, 1.807) is 0 Å². The molecule has 1 aromatic carbocycles. The smallest absolute Gasteiger partial charge is 0.181 e. The predicted molar refractivity (Wildman–Crippen MR) is 90.1 cm³/mol. The van der Waals surface area contributed by atoms with E-state index in [4.69, 9.17) is 17.0 Å². The molecule has 1 aromatic rings. The Morgan fingerprint density at radius 3 is 2.38 bits per heavy atom. The molecule has 0 unspecified atom stereocenters. The molecule has 0 radical (unpaired) electrons. The third-order valence-electron chi connectivity index (χ3n) is 3.54. The van der Waals surface area contributed by atoms with Gasteiger partial charge in [0.25, 0.3) is 0 Å². The molecule has 0 atom stereocenters. The number of nitrogens with one attached hydrogen (secondary N) is 2. The molecular formula is C16H25N3OS. The molecule has 0 saturated carbocycles. The molecule has 1 fully saturated rings. The summed E-state index contributed by atoms with van der Waals surface area (Å²) >= 11 is 5.31. The molecule has 1 aliphatic heterocycles. The minimum atomic E-state index is 0.194. The van der Waals surface area contributed by atoms with E-state index in [2.05, 4.69) is 60.8 Å². The fraction of sp³-hybridized carbons (Fsp3) is 0.562. The highest BCUT2D eigenvalue weighted by molar-refractivity contribution is 7.80. The topological polar surface area (TPSA) is 36.5 Å². The van der Waals surface area contributed by atoms with Gasteiger partial charge in [-0.1, -0.05) is 45.0 Å². The summed E-state index contributed by atoms with van der Waals surface area (Å²) in [5.74, 6) is 0. The van der Waals surface area contributed by atoms with Gasteiger partial charge in [-0.3, -0.25) is 5.43 Å². The molecule has 1 saturated heterocycles. The largest absolute Gasteiger partial charge is 0.379 e. The normalized spacial score (nSPS) is 16.5. The lowest BCUT2D eigenvalue weighted by Gasteiger charge is -2.28. The second-order valence-corrected chi connectivity index (χ2v) is 6.75. The maximum Gasteiger partial charge on any atom is 0.181 e. The molecule has 0 aliphatic carbocycles. The molecule has 2 N–H and O–H groups in total. The maximum absolute atomic E-state index is 5.31. The zero-order valence-corrected chi connectivity index (χ0v) is 13.9. The Labute approximate surface area is 132 Å². The van der Waals surface area contributed by atoms with Crippen molar-refractivity contribution in [3.63, 3.8) is 0 Å². The summed E-state index contributed by atoms with van der Waals surface area (Å²) in [6.07, 6.45) is 0. The number of hydrogen-bond acceptors (Lipinski definition) is 3. The van der Waals surface area contributed by atoms with E-state index < -0.39 is 0 Å². The van der Waals surface area contributed by atoms with E-state index in [1.807, 2.05) is 0 Å². The number of nitrogens with zero attached hydrogens (tertiary/aromatic N) is 1. The SMILES string of the molecule is CC(C)(C)c1ccc(CNC(=S)NN2CCOCC2)cc1. The average molecular weight is 307 g/mol. The number of hydrogen-bond donors (Lipinski definition) is 2. The number of ether oxygens (including phenoxy) is 1. The van der Waals surface area contributed by atoms with Crippen molar-refractivity contribution in [2.75, 3.05) is 26.3 Å². The van der Waals surface area contributed by atoms with Crippen LogP contribution in [0.1, 0.15) is 31.9 Å². The van der Waals surface area contributed by atoms with Gasteiger partial charge in [-0.15, -0.1) is 0 Å². The van der Waals surface area contributed by atoms with Crippen LogP contribution in [0.15, 0.2) is 24.3 Å². The molecule has 116 valence electrons. The molecule has 1 aliphatic rings. The van der Waals surface area contributed by atoms with E-state index in [1.165, 1.54) is 11.1 Å². The van der Waals surface area contributed by atoms with Crippen LogP contribution < -0.4 is 10.7 Å². The Kier molecular flexibility index (Phi) is 5.56. The predicted octanol–water partition coefficient (Wildman–Crippen LogP) is 2.20. The molecule has 21 heavy (non-hydrogen) atoms. The van der Waals surface area contributed by atoms with E-state index in [9.17, 15) is 0 Å². The maximum atomic E-state index is 5.31. The highest BCUT2D eigenvalue weighted by Crippen LogP contribution is 2.22. The fourth-order valence-corrected chi connectivity index (χ4v) is 2.36. The molecule has 0 aromatic heterocycles. The number of hydrazine groups is 1. The van der Waals surface area contributed by atoms with Crippen molar-refractivity contribution in [1.82, 2.24) is 15.8 Å². The van der Waals surface area contributed by atoms with Crippen molar-refractivity contribution in [1.29, 1.82) is 0 Å². The second-order valence-electron chi connectivity index (χ2n) is 6.34. The number of thiocarbonyl (C=S) groups is 1. The lowest BCUT2D eigenvalue weighted by molar-refractivity contribution is 0.0247. The van der Waals surface area contributed by atoms with Gasteiger partial charge >= 0.3 is 0 Å². The number of benzene rings is 1. The Hall–Kier alpha value is -1.17. The van der Waals surface area contributed by atoms with E-state index >= 15 is 0 Å². The summed E-state index contributed by atoms with van der Waals surface area (Å²) in [5, 5.41) is 5.99. The minimum Gasteiger partial charge on any atom is -0.379 e. The first-order valence-corrected chi connectivity index (χ1v) is 7.82. The first-order chi connectivity index (χ1) is 9.95. The first-order valence-electron chi connectivity index (χ1n) is 7.42. The molecule has 2 rings (SSSR count). The van der Waals surface area contributed by atoms with Gasteiger partial charge in [-0.2, -0.15) is 0 Å². The van der Waals surface area contributed by atoms with Crippen LogP contribution >= 0.6 is 12.2 Å². The molecule has 0 amide bonds.